The molecule has 0 aliphatic heterocycles. The molecule has 3 heteroatoms. The van der Waals surface area contributed by atoms with E-state index < -0.39 is 5.41 Å². The van der Waals surface area contributed by atoms with Gasteiger partial charge in [-0.3, -0.25) is 0 Å². The van der Waals surface area contributed by atoms with Crippen LogP contribution in [0, 0.1) is 0 Å². The van der Waals surface area contributed by atoms with E-state index in [1.807, 2.05) is 18.2 Å². The van der Waals surface area contributed by atoms with Crippen molar-refractivity contribution >= 4 is 22.4 Å². The Morgan fingerprint density at radius 1 is 0.344 bits per heavy atom. The number of rotatable bonds is 7. The number of fused-ring (bicyclic) bond motifs is 5. The van der Waals surface area contributed by atoms with Gasteiger partial charge >= 0.3 is 0 Å². The van der Waals surface area contributed by atoms with Crippen molar-refractivity contribution in [3.8, 4) is 56.4 Å². The largest absolute Gasteiger partial charge is 0.208 e. The molecule has 0 N–H and O–H groups in total. The molecule has 0 unspecified atom stereocenters. The van der Waals surface area contributed by atoms with E-state index in [4.69, 9.17) is 15.0 Å². The third kappa shape index (κ3) is 6.24. The smallest absolute Gasteiger partial charge is 0.164 e. The van der Waals surface area contributed by atoms with Gasteiger partial charge in [0.2, 0.25) is 0 Å². The van der Waals surface area contributed by atoms with E-state index in [1.54, 1.807) is 0 Å². The van der Waals surface area contributed by atoms with Crippen molar-refractivity contribution in [2.24, 2.45) is 0 Å². The van der Waals surface area contributed by atoms with Gasteiger partial charge in [-0.05, 0) is 102 Å². The van der Waals surface area contributed by atoms with Crippen molar-refractivity contribution in [1.29, 1.82) is 0 Å². The molecule has 10 aromatic rings. The van der Waals surface area contributed by atoms with Crippen LogP contribution in [0.15, 0.2) is 231 Å². The lowest BCUT2D eigenvalue weighted by Gasteiger charge is -2.34. The van der Waals surface area contributed by atoms with Crippen molar-refractivity contribution in [1.82, 2.24) is 15.0 Å². The fourth-order valence-corrected chi connectivity index (χ4v) is 10.1. The predicted octanol–water partition coefficient (Wildman–Crippen LogP) is 14.9. The summed E-state index contributed by atoms with van der Waals surface area (Å²) in [7, 11) is 0. The van der Waals surface area contributed by atoms with Gasteiger partial charge in [0.05, 0.1) is 5.41 Å². The molecular formula is C61H41N3. The lowest BCUT2D eigenvalue weighted by atomic mass is 9.67. The maximum Gasteiger partial charge on any atom is 0.164 e. The zero-order chi connectivity index (χ0) is 42.5. The van der Waals surface area contributed by atoms with E-state index in [0.717, 1.165) is 39.4 Å². The summed E-state index contributed by atoms with van der Waals surface area (Å²) in [6, 6.07) is 78.6. The molecule has 9 aromatic carbocycles. The standard InChI is InChI=1S/C61H41N3/c1-5-18-41(19-6-1)50-26-13-14-27-52-51(50)29-17-30-55(52)60-63-58(42-20-7-2-8-21-42)62-59(64-60)47-35-34-43-38-44(32-33-45(43)39-47)46-36-37-54-53-28-15-16-31-56(53)61(57(54)40-46,48-22-9-3-10-23-48)49-24-11-4-12-25-49/h1-12,14-40H,13H2. The fraction of sp³-hybridized carbons (Fsp3) is 0.0328. The van der Waals surface area contributed by atoms with Crippen LogP contribution in [0.2, 0.25) is 0 Å². The highest BCUT2D eigenvalue weighted by molar-refractivity contribution is 5.94. The van der Waals surface area contributed by atoms with Gasteiger partial charge in [-0.15, -0.1) is 0 Å². The molecule has 12 rings (SSSR count). The van der Waals surface area contributed by atoms with E-state index in [2.05, 4.69) is 218 Å². The number of nitrogens with zero attached hydrogens (tertiary/aromatic N) is 3. The highest BCUT2D eigenvalue weighted by Gasteiger charge is 2.46. The van der Waals surface area contributed by atoms with Crippen LogP contribution in [0.3, 0.4) is 0 Å². The second kappa shape index (κ2) is 15.6. The normalized spacial score (nSPS) is 13.4. The highest BCUT2D eigenvalue weighted by atomic mass is 15.0. The summed E-state index contributed by atoms with van der Waals surface area (Å²) in [5.74, 6) is 1.93. The van der Waals surface area contributed by atoms with Crippen LogP contribution < -0.4 is 0 Å². The van der Waals surface area contributed by atoms with E-state index >= 15 is 0 Å². The van der Waals surface area contributed by atoms with Crippen molar-refractivity contribution in [2.75, 3.05) is 0 Å². The number of benzene rings is 9. The van der Waals surface area contributed by atoms with Crippen molar-refractivity contribution in [3.63, 3.8) is 0 Å². The van der Waals surface area contributed by atoms with Gasteiger partial charge in [0.25, 0.3) is 0 Å². The third-order valence-corrected chi connectivity index (χ3v) is 13.0. The molecule has 0 bridgehead atoms. The summed E-state index contributed by atoms with van der Waals surface area (Å²) in [6.07, 6.45) is 7.60. The van der Waals surface area contributed by atoms with Gasteiger partial charge in [-0.1, -0.05) is 218 Å². The van der Waals surface area contributed by atoms with Crippen LogP contribution in [0.25, 0.3) is 78.8 Å². The maximum atomic E-state index is 5.25. The summed E-state index contributed by atoms with van der Waals surface area (Å²) in [5.41, 5.74) is 17.2. The molecule has 2 aliphatic rings. The molecular weight excluding hydrogens is 775 g/mol. The zero-order valence-electron chi connectivity index (χ0n) is 35.1. The summed E-state index contributed by atoms with van der Waals surface area (Å²) in [6.45, 7) is 0. The van der Waals surface area contributed by atoms with E-state index in [-0.39, 0.29) is 0 Å². The molecule has 2 aliphatic carbocycles. The lowest BCUT2D eigenvalue weighted by Crippen LogP contribution is -2.28. The molecule has 3 nitrogen and oxygen atoms in total. The first kappa shape index (κ1) is 37.5. The molecule has 64 heavy (non-hydrogen) atoms. The van der Waals surface area contributed by atoms with Gasteiger partial charge in [0.1, 0.15) is 0 Å². The predicted molar refractivity (Wildman–Crippen MR) is 264 cm³/mol. The fourth-order valence-electron chi connectivity index (χ4n) is 10.1. The Hall–Kier alpha value is -8.27. The maximum absolute atomic E-state index is 5.25. The minimum atomic E-state index is -0.451. The van der Waals surface area contributed by atoms with Crippen molar-refractivity contribution in [2.45, 2.75) is 11.8 Å². The third-order valence-electron chi connectivity index (χ3n) is 13.0. The Balaban J connectivity index is 0.962. The Kier molecular flexibility index (Phi) is 9.12. The monoisotopic (exact) mass is 815 g/mol. The van der Waals surface area contributed by atoms with Crippen LogP contribution in [-0.4, -0.2) is 15.0 Å². The molecule has 0 fully saturated rings. The van der Waals surface area contributed by atoms with Gasteiger partial charge in [-0.25, -0.2) is 15.0 Å². The molecule has 0 amide bonds. The Bertz CT molecular complexity index is 3400. The van der Waals surface area contributed by atoms with Crippen LogP contribution in [0.1, 0.15) is 45.4 Å². The van der Waals surface area contributed by atoms with E-state index in [0.29, 0.717) is 17.5 Å². The Morgan fingerprint density at radius 3 is 1.58 bits per heavy atom. The number of hydrogen-bond acceptors (Lipinski definition) is 3. The number of hydrogen-bond donors (Lipinski definition) is 0. The molecule has 1 aromatic heterocycles. The molecule has 0 radical (unpaired) electrons. The van der Waals surface area contributed by atoms with E-state index in [1.165, 1.54) is 61.2 Å². The van der Waals surface area contributed by atoms with Gasteiger partial charge in [-0.2, -0.15) is 0 Å². The van der Waals surface area contributed by atoms with Crippen molar-refractivity contribution < 1.29 is 0 Å². The van der Waals surface area contributed by atoms with Crippen LogP contribution in [0.5, 0.6) is 0 Å². The molecule has 1 heterocycles. The Labute approximate surface area is 373 Å². The average molecular weight is 816 g/mol. The second-order valence-electron chi connectivity index (χ2n) is 16.6. The molecule has 300 valence electrons. The Morgan fingerprint density at radius 2 is 0.859 bits per heavy atom. The summed E-state index contributed by atoms with van der Waals surface area (Å²) >= 11 is 0. The van der Waals surface area contributed by atoms with E-state index in [9.17, 15) is 0 Å². The first-order valence-electron chi connectivity index (χ1n) is 22.0. The lowest BCUT2D eigenvalue weighted by molar-refractivity contribution is 0.769. The molecule has 0 spiro atoms. The summed E-state index contributed by atoms with van der Waals surface area (Å²) < 4.78 is 0. The van der Waals surface area contributed by atoms with Gasteiger partial charge in [0.15, 0.2) is 17.5 Å². The van der Waals surface area contributed by atoms with Gasteiger partial charge in [0, 0.05) is 16.7 Å². The van der Waals surface area contributed by atoms with Gasteiger partial charge < -0.3 is 0 Å². The first-order valence-corrected chi connectivity index (χ1v) is 22.0. The quantitative estimate of drug-likeness (QED) is 0.161. The van der Waals surface area contributed by atoms with Crippen LogP contribution in [-0.2, 0) is 5.41 Å². The second-order valence-corrected chi connectivity index (χ2v) is 16.6. The first-order chi connectivity index (χ1) is 31.7. The average Bonchev–Trinajstić information content (AvgIpc) is 3.49. The topological polar surface area (TPSA) is 38.7 Å². The van der Waals surface area contributed by atoms with Crippen molar-refractivity contribution in [3.05, 3.63) is 269 Å². The molecule has 0 saturated carbocycles. The highest BCUT2D eigenvalue weighted by Crippen LogP contribution is 2.56. The molecule has 0 atom stereocenters. The zero-order valence-corrected chi connectivity index (χ0v) is 35.1. The SMILES string of the molecule is C1=Cc2c(cccc2-c2nc(-c3ccccc3)nc(-c3ccc4cc(-c5ccc6c(c5)C(c5ccccc5)(c5ccccc5)c5ccccc5-6)ccc4c3)n2)C(c2ccccc2)=CC1. The summed E-state index contributed by atoms with van der Waals surface area (Å²) in [5, 5.41) is 2.27. The van der Waals surface area contributed by atoms with Crippen LogP contribution in [0.4, 0.5) is 0 Å². The molecule has 0 saturated heterocycles. The minimum absolute atomic E-state index is 0.451. The number of allylic oxidation sites excluding steroid dienone is 2. The number of aromatic nitrogens is 3. The van der Waals surface area contributed by atoms with Crippen LogP contribution >= 0.6 is 0 Å². The summed E-state index contributed by atoms with van der Waals surface area (Å²) in [4.78, 5) is 15.5. The minimum Gasteiger partial charge on any atom is -0.208 e.